The Morgan fingerprint density at radius 2 is 2.00 bits per heavy atom. The number of nitrogens with one attached hydrogen (secondary N) is 2. The highest BCUT2D eigenvalue weighted by Gasteiger charge is 2.12. The molecule has 0 saturated heterocycles. The first-order chi connectivity index (χ1) is 8.69. The number of hydrogen-bond donors (Lipinski definition) is 2. The highest BCUT2D eigenvalue weighted by atomic mass is 16.2. The first-order valence-corrected chi connectivity index (χ1v) is 6.81. The number of hydrogen-bond acceptors (Lipinski definition) is 2. The lowest BCUT2D eigenvalue weighted by Gasteiger charge is -2.17. The molecule has 0 aliphatic heterocycles. The minimum absolute atomic E-state index is 0.0642. The number of rotatable bonds is 7. The fourth-order valence-electron chi connectivity index (χ4n) is 1.81. The summed E-state index contributed by atoms with van der Waals surface area (Å²) in [6.07, 6.45) is 3.10. The van der Waals surface area contributed by atoms with E-state index in [0.717, 1.165) is 31.5 Å². The summed E-state index contributed by atoms with van der Waals surface area (Å²) in [6.45, 7) is 6.89. The number of anilines is 1. The molecule has 0 spiro atoms. The van der Waals surface area contributed by atoms with Gasteiger partial charge in [0.2, 0.25) is 5.91 Å². The number of aryl methyl sites for hydroxylation is 1. The Balaban J connectivity index is 2.52. The van der Waals surface area contributed by atoms with Crippen molar-refractivity contribution in [3.8, 4) is 0 Å². The fraction of sp³-hybridized carbons (Fsp3) is 0.533. The summed E-state index contributed by atoms with van der Waals surface area (Å²) in [5.74, 6) is 0.0642. The van der Waals surface area contributed by atoms with Crippen molar-refractivity contribution in [3.05, 3.63) is 29.8 Å². The number of carbonyl (C=O) groups excluding carboxylic acids is 1. The molecule has 3 nitrogen and oxygen atoms in total. The van der Waals surface area contributed by atoms with Crippen molar-refractivity contribution in [2.45, 2.75) is 46.1 Å². The zero-order chi connectivity index (χ0) is 13.4. The minimum atomic E-state index is -0.199. The molecule has 0 aromatic heterocycles. The van der Waals surface area contributed by atoms with E-state index in [1.807, 2.05) is 25.1 Å². The second-order valence-corrected chi connectivity index (χ2v) is 4.52. The summed E-state index contributed by atoms with van der Waals surface area (Å²) in [5.41, 5.74) is 2.30. The molecule has 1 unspecified atom stereocenters. The molecule has 3 heteroatoms. The molecule has 100 valence electrons. The largest absolute Gasteiger partial charge is 0.374 e. The Bertz CT molecular complexity index is 377. The van der Waals surface area contributed by atoms with Crippen molar-refractivity contribution in [1.82, 2.24) is 5.32 Å². The van der Waals surface area contributed by atoms with Crippen molar-refractivity contribution in [3.63, 3.8) is 0 Å². The van der Waals surface area contributed by atoms with E-state index < -0.39 is 0 Å². The summed E-state index contributed by atoms with van der Waals surface area (Å²) in [6, 6.07) is 7.92. The molecule has 0 bridgehead atoms. The molecule has 1 atom stereocenters. The molecule has 18 heavy (non-hydrogen) atoms. The van der Waals surface area contributed by atoms with Crippen molar-refractivity contribution >= 4 is 11.6 Å². The van der Waals surface area contributed by atoms with Crippen LogP contribution in [0.1, 0.15) is 39.2 Å². The van der Waals surface area contributed by atoms with E-state index in [1.165, 1.54) is 5.56 Å². The van der Waals surface area contributed by atoms with Crippen molar-refractivity contribution < 1.29 is 4.79 Å². The van der Waals surface area contributed by atoms with Gasteiger partial charge in [0.15, 0.2) is 0 Å². The van der Waals surface area contributed by atoms with Crippen molar-refractivity contribution in [1.29, 1.82) is 0 Å². The van der Waals surface area contributed by atoms with E-state index in [0.29, 0.717) is 0 Å². The number of amides is 1. The number of unbranched alkanes of at least 4 members (excludes halogenated alkanes) is 1. The maximum Gasteiger partial charge on any atom is 0.242 e. The predicted octanol–water partition coefficient (Wildman–Crippen LogP) is 2.97. The number of carbonyl (C=O) groups is 1. The van der Waals surface area contributed by atoms with Gasteiger partial charge in [0.25, 0.3) is 0 Å². The van der Waals surface area contributed by atoms with Gasteiger partial charge in [0.05, 0.1) is 0 Å². The summed E-state index contributed by atoms with van der Waals surface area (Å²) < 4.78 is 0. The monoisotopic (exact) mass is 248 g/mol. The van der Waals surface area contributed by atoms with Gasteiger partial charge in [-0.25, -0.2) is 0 Å². The average molecular weight is 248 g/mol. The topological polar surface area (TPSA) is 41.1 Å². The molecule has 0 aliphatic carbocycles. The predicted molar refractivity (Wildman–Crippen MR) is 76.8 cm³/mol. The van der Waals surface area contributed by atoms with Gasteiger partial charge in [0, 0.05) is 12.2 Å². The third-order valence-electron chi connectivity index (χ3n) is 2.99. The van der Waals surface area contributed by atoms with Crippen LogP contribution >= 0.6 is 0 Å². The van der Waals surface area contributed by atoms with E-state index in [9.17, 15) is 4.79 Å². The van der Waals surface area contributed by atoms with E-state index in [2.05, 4.69) is 30.5 Å². The minimum Gasteiger partial charge on any atom is -0.374 e. The van der Waals surface area contributed by atoms with Crippen molar-refractivity contribution in [2.75, 3.05) is 11.9 Å². The molecule has 1 rings (SSSR count). The highest BCUT2D eigenvalue weighted by Crippen LogP contribution is 2.16. The quantitative estimate of drug-likeness (QED) is 0.728. The van der Waals surface area contributed by atoms with Crippen LogP contribution in [-0.2, 0) is 11.2 Å². The SMILES string of the molecule is CCCCNC(=O)C(C)Nc1ccccc1CC. The van der Waals surface area contributed by atoms with Crippen LogP contribution in [0.25, 0.3) is 0 Å². The molecule has 1 amide bonds. The first kappa shape index (κ1) is 14.6. The van der Waals surface area contributed by atoms with Gasteiger partial charge >= 0.3 is 0 Å². The average Bonchev–Trinajstić information content (AvgIpc) is 2.39. The fourth-order valence-corrected chi connectivity index (χ4v) is 1.81. The van der Waals surface area contributed by atoms with E-state index in [4.69, 9.17) is 0 Å². The maximum absolute atomic E-state index is 11.8. The number of para-hydroxylation sites is 1. The molecular formula is C15H24N2O. The van der Waals surface area contributed by atoms with Crippen LogP contribution in [0.5, 0.6) is 0 Å². The zero-order valence-electron chi connectivity index (χ0n) is 11.6. The van der Waals surface area contributed by atoms with Crippen LogP contribution in [0.2, 0.25) is 0 Å². The lowest BCUT2D eigenvalue weighted by molar-refractivity contribution is -0.121. The highest BCUT2D eigenvalue weighted by molar-refractivity contribution is 5.84. The number of benzene rings is 1. The normalized spacial score (nSPS) is 11.9. The molecule has 0 saturated carbocycles. The standard InChI is InChI=1S/C15H24N2O/c1-4-6-11-16-15(18)12(3)17-14-10-8-7-9-13(14)5-2/h7-10,12,17H,4-6,11H2,1-3H3,(H,16,18). The van der Waals surface area contributed by atoms with Gasteiger partial charge in [-0.1, -0.05) is 38.5 Å². The third-order valence-corrected chi connectivity index (χ3v) is 2.99. The lowest BCUT2D eigenvalue weighted by Crippen LogP contribution is -2.38. The van der Waals surface area contributed by atoms with E-state index in [1.54, 1.807) is 0 Å². The second-order valence-electron chi connectivity index (χ2n) is 4.52. The Kier molecular flexibility index (Phi) is 6.26. The molecule has 0 fully saturated rings. The molecule has 1 aromatic carbocycles. The molecule has 2 N–H and O–H groups in total. The summed E-state index contributed by atoms with van der Waals surface area (Å²) in [7, 11) is 0. The molecular weight excluding hydrogens is 224 g/mol. The molecule has 0 radical (unpaired) electrons. The third kappa shape index (κ3) is 4.40. The summed E-state index contributed by atoms with van der Waals surface area (Å²) >= 11 is 0. The maximum atomic E-state index is 11.8. The Hall–Kier alpha value is -1.51. The second kappa shape index (κ2) is 7.75. The van der Waals surface area contributed by atoms with Crippen molar-refractivity contribution in [2.24, 2.45) is 0 Å². The first-order valence-electron chi connectivity index (χ1n) is 6.81. The van der Waals surface area contributed by atoms with Crippen LogP contribution in [0, 0.1) is 0 Å². The van der Waals surface area contributed by atoms with E-state index >= 15 is 0 Å². The van der Waals surface area contributed by atoms with Crippen LogP contribution in [0.4, 0.5) is 5.69 Å². The Morgan fingerprint density at radius 3 is 2.67 bits per heavy atom. The molecule has 0 heterocycles. The van der Waals surface area contributed by atoms with Gasteiger partial charge < -0.3 is 10.6 Å². The van der Waals surface area contributed by atoms with Gasteiger partial charge in [-0.2, -0.15) is 0 Å². The Labute approximate surface area is 110 Å². The van der Waals surface area contributed by atoms with Crippen LogP contribution in [0.15, 0.2) is 24.3 Å². The van der Waals surface area contributed by atoms with Crippen LogP contribution < -0.4 is 10.6 Å². The summed E-state index contributed by atoms with van der Waals surface area (Å²) in [4.78, 5) is 11.8. The van der Waals surface area contributed by atoms with E-state index in [-0.39, 0.29) is 11.9 Å². The van der Waals surface area contributed by atoms with Gasteiger partial charge in [-0.15, -0.1) is 0 Å². The van der Waals surface area contributed by atoms with Gasteiger partial charge in [-0.3, -0.25) is 4.79 Å². The molecule has 0 aliphatic rings. The van der Waals surface area contributed by atoms with Crippen LogP contribution in [-0.4, -0.2) is 18.5 Å². The molecule has 1 aromatic rings. The smallest absolute Gasteiger partial charge is 0.242 e. The zero-order valence-corrected chi connectivity index (χ0v) is 11.6. The Morgan fingerprint density at radius 1 is 1.28 bits per heavy atom. The van der Waals surface area contributed by atoms with Crippen LogP contribution in [0.3, 0.4) is 0 Å². The van der Waals surface area contributed by atoms with Gasteiger partial charge in [-0.05, 0) is 31.4 Å². The summed E-state index contributed by atoms with van der Waals surface area (Å²) in [5, 5.41) is 6.22. The van der Waals surface area contributed by atoms with Gasteiger partial charge in [0.1, 0.15) is 6.04 Å². The lowest BCUT2D eigenvalue weighted by atomic mass is 10.1.